The van der Waals surface area contributed by atoms with Crippen molar-refractivity contribution in [1.29, 1.82) is 0 Å². The quantitative estimate of drug-likeness (QED) is 0.485. The molecule has 3 N–H and O–H groups in total. The molecule has 1 aromatic heterocycles. The van der Waals surface area contributed by atoms with Gasteiger partial charge in [-0.1, -0.05) is 25.1 Å². The predicted molar refractivity (Wildman–Crippen MR) is 137 cm³/mol. The molecule has 3 atom stereocenters. The van der Waals surface area contributed by atoms with E-state index in [0.717, 1.165) is 16.5 Å². The van der Waals surface area contributed by atoms with Gasteiger partial charge in [0.05, 0.1) is 24.6 Å². The van der Waals surface area contributed by atoms with Crippen LogP contribution < -0.4 is 15.4 Å². The van der Waals surface area contributed by atoms with Crippen LogP contribution in [0.5, 0.6) is 5.75 Å². The minimum atomic E-state index is -0.337. The molecule has 186 valence electrons. The third-order valence-electron chi connectivity index (χ3n) is 6.68. The molecule has 8 heteroatoms. The van der Waals surface area contributed by atoms with Crippen LogP contribution in [0, 0.1) is 5.92 Å². The van der Waals surface area contributed by atoms with Crippen molar-refractivity contribution in [2.24, 2.45) is 13.0 Å². The molecule has 2 aromatic carbocycles. The molecular weight excluding hydrogens is 444 g/mol. The number of hydrogen-bond acceptors (Lipinski definition) is 5. The third kappa shape index (κ3) is 5.18. The lowest BCUT2D eigenvalue weighted by atomic mass is 9.99. The van der Waals surface area contributed by atoms with Gasteiger partial charge in [-0.15, -0.1) is 0 Å². The van der Waals surface area contributed by atoms with Crippen molar-refractivity contribution >= 4 is 28.4 Å². The average Bonchev–Trinajstić information content (AvgIpc) is 3.16. The normalized spacial score (nSPS) is 19.0. The summed E-state index contributed by atoms with van der Waals surface area (Å²) in [5.41, 5.74) is 2.92. The van der Waals surface area contributed by atoms with E-state index in [0.29, 0.717) is 30.1 Å². The van der Waals surface area contributed by atoms with Gasteiger partial charge in [0, 0.05) is 48.8 Å². The summed E-state index contributed by atoms with van der Waals surface area (Å²) in [6.45, 7) is 4.82. The number of amides is 2. The van der Waals surface area contributed by atoms with Crippen LogP contribution in [0.4, 0.5) is 5.69 Å². The van der Waals surface area contributed by atoms with Crippen molar-refractivity contribution in [2.75, 3.05) is 32.1 Å². The Kier molecular flexibility index (Phi) is 7.42. The first-order chi connectivity index (χ1) is 16.8. The second-order valence-electron chi connectivity index (χ2n) is 9.40. The number of likely N-dealkylation sites (N-methyl/N-ethyl adjacent to an activating group) is 1. The molecule has 35 heavy (non-hydrogen) atoms. The van der Waals surface area contributed by atoms with Gasteiger partial charge in [-0.05, 0) is 43.8 Å². The maximum Gasteiger partial charge on any atom is 0.258 e. The lowest BCUT2D eigenvalue weighted by Crippen LogP contribution is -2.49. The van der Waals surface area contributed by atoms with Crippen molar-refractivity contribution in [3.8, 4) is 5.75 Å². The smallest absolute Gasteiger partial charge is 0.258 e. The van der Waals surface area contributed by atoms with E-state index in [-0.39, 0.29) is 42.9 Å². The highest BCUT2D eigenvalue weighted by Gasteiger charge is 2.32. The van der Waals surface area contributed by atoms with Crippen LogP contribution in [0.1, 0.15) is 29.8 Å². The SMILES string of the molecule is CNC[C@H]1Oc2ccc(NC(=O)Cc3cn(C)c4ccccc34)cc2C(=O)N([C@H](C)CO)C[C@@H]1C. The Morgan fingerprint density at radius 3 is 2.77 bits per heavy atom. The maximum atomic E-state index is 13.5. The minimum Gasteiger partial charge on any atom is -0.488 e. The van der Waals surface area contributed by atoms with Crippen molar-refractivity contribution < 1.29 is 19.4 Å². The van der Waals surface area contributed by atoms with E-state index in [9.17, 15) is 14.7 Å². The second-order valence-corrected chi connectivity index (χ2v) is 9.40. The molecule has 0 saturated carbocycles. The Morgan fingerprint density at radius 1 is 1.26 bits per heavy atom. The zero-order valence-corrected chi connectivity index (χ0v) is 20.7. The molecule has 0 saturated heterocycles. The summed E-state index contributed by atoms with van der Waals surface area (Å²) in [7, 11) is 3.83. The average molecular weight is 479 g/mol. The number of hydrogen-bond donors (Lipinski definition) is 3. The molecule has 1 aliphatic heterocycles. The fraction of sp³-hybridized carbons (Fsp3) is 0.407. The van der Waals surface area contributed by atoms with E-state index in [1.807, 2.05) is 63.0 Å². The summed E-state index contributed by atoms with van der Waals surface area (Å²) in [6, 6.07) is 12.8. The number of nitrogens with zero attached hydrogens (tertiary/aromatic N) is 2. The lowest BCUT2D eigenvalue weighted by molar-refractivity contribution is -0.115. The first kappa shape index (κ1) is 24.8. The van der Waals surface area contributed by atoms with Crippen LogP contribution in [-0.4, -0.2) is 65.3 Å². The molecule has 2 heterocycles. The summed E-state index contributed by atoms with van der Waals surface area (Å²) >= 11 is 0. The zero-order chi connectivity index (χ0) is 25.1. The molecular formula is C27H34N4O4. The van der Waals surface area contributed by atoms with Gasteiger partial charge in [0.15, 0.2) is 0 Å². The summed E-state index contributed by atoms with van der Waals surface area (Å²) in [4.78, 5) is 28.1. The number of ether oxygens (including phenoxy) is 1. The number of aliphatic hydroxyl groups excluding tert-OH is 1. The molecule has 0 unspecified atom stereocenters. The van der Waals surface area contributed by atoms with E-state index in [1.165, 1.54) is 0 Å². The van der Waals surface area contributed by atoms with Gasteiger partial charge >= 0.3 is 0 Å². The number of anilines is 1. The number of aromatic nitrogens is 1. The molecule has 1 aliphatic rings. The molecule has 0 radical (unpaired) electrons. The number of rotatable bonds is 7. The second kappa shape index (κ2) is 10.5. The van der Waals surface area contributed by atoms with Crippen LogP contribution in [0.15, 0.2) is 48.7 Å². The highest BCUT2D eigenvalue weighted by molar-refractivity contribution is 6.00. The molecule has 0 aliphatic carbocycles. The molecule has 8 nitrogen and oxygen atoms in total. The molecule has 2 amide bonds. The fourth-order valence-electron chi connectivity index (χ4n) is 4.69. The molecule has 0 bridgehead atoms. The van der Waals surface area contributed by atoms with Crippen molar-refractivity contribution in [3.63, 3.8) is 0 Å². The van der Waals surface area contributed by atoms with Gasteiger partial charge in [-0.3, -0.25) is 9.59 Å². The Bertz CT molecular complexity index is 1220. The van der Waals surface area contributed by atoms with Gasteiger partial charge < -0.3 is 29.9 Å². The Labute approximate surface area is 205 Å². The van der Waals surface area contributed by atoms with Crippen LogP contribution >= 0.6 is 0 Å². The number of benzene rings is 2. The van der Waals surface area contributed by atoms with E-state index in [1.54, 1.807) is 23.1 Å². The van der Waals surface area contributed by atoms with Gasteiger partial charge in [-0.2, -0.15) is 0 Å². The monoisotopic (exact) mass is 478 g/mol. The van der Waals surface area contributed by atoms with Gasteiger partial charge in [0.2, 0.25) is 5.91 Å². The minimum absolute atomic E-state index is 0.0635. The number of fused-ring (bicyclic) bond motifs is 2. The number of carbonyl (C=O) groups is 2. The first-order valence-corrected chi connectivity index (χ1v) is 12.0. The molecule has 4 rings (SSSR count). The first-order valence-electron chi connectivity index (χ1n) is 12.0. The molecule has 0 fully saturated rings. The molecule has 0 spiro atoms. The standard InChI is InChI=1S/C27H34N4O4/c1-17-14-31(18(2)16-32)27(34)22-12-20(9-10-24(22)35-25(17)13-28-3)29-26(33)11-19-15-30(4)23-8-6-5-7-21(19)23/h5-10,12,15,17-18,25,28,32H,11,13-14,16H2,1-4H3,(H,29,33)/t17-,18+,25+/m0/s1. The zero-order valence-electron chi connectivity index (χ0n) is 20.7. The number of aryl methyl sites for hydroxylation is 1. The lowest BCUT2D eigenvalue weighted by Gasteiger charge is -2.37. The number of para-hydroxylation sites is 1. The van der Waals surface area contributed by atoms with Gasteiger partial charge in [0.25, 0.3) is 5.91 Å². The summed E-state index contributed by atoms with van der Waals surface area (Å²) < 4.78 is 8.25. The molecule has 3 aromatic rings. The third-order valence-corrected chi connectivity index (χ3v) is 6.68. The fourth-order valence-corrected chi connectivity index (χ4v) is 4.69. The van der Waals surface area contributed by atoms with Crippen LogP contribution in [0.3, 0.4) is 0 Å². The van der Waals surface area contributed by atoms with Crippen LogP contribution in [-0.2, 0) is 18.3 Å². The maximum absolute atomic E-state index is 13.5. The highest BCUT2D eigenvalue weighted by Crippen LogP contribution is 2.30. The summed E-state index contributed by atoms with van der Waals surface area (Å²) in [6.07, 6.45) is 2.05. The van der Waals surface area contributed by atoms with Crippen molar-refractivity contribution in [1.82, 2.24) is 14.8 Å². The summed E-state index contributed by atoms with van der Waals surface area (Å²) in [5.74, 6) is 0.154. The van der Waals surface area contributed by atoms with Gasteiger partial charge in [-0.25, -0.2) is 0 Å². The number of nitrogens with one attached hydrogen (secondary N) is 2. The predicted octanol–water partition coefficient (Wildman–Crippen LogP) is 2.80. The number of carbonyl (C=O) groups excluding carboxylic acids is 2. The summed E-state index contributed by atoms with van der Waals surface area (Å²) in [5, 5.41) is 16.9. The Balaban J connectivity index is 1.60. The van der Waals surface area contributed by atoms with Crippen LogP contribution in [0.25, 0.3) is 10.9 Å². The topological polar surface area (TPSA) is 95.8 Å². The van der Waals surface area contributed by atoms with E-state index in [2.05, 4.69) is 10.6 Å². The number of aliphatic hydroxyl groups is 1. The van der Waals surface area contributed by atoms with Gasteiger partial charge in [0.1, 0.15) is 11.9 Å². The van der Waals surface area contributed by atoms with Crippen molar-refractivity contribution in [3.05, 3.63) is 59.8 Å². The Morgan fingerprint density at radius 2 is 2.03 bits per heavy atom. The van der Waals surface area contributed by atoms with E-state index in [4.69, 9.17) is 4.74 Å². The van der Waals surface area contributed by atoms with E-state index >= 15 is 0 Å². The van der Waals surface area contributed by atoms with Crippen LogP contribution in [0.2, 0.25) is 0 Å². The largest absolute Gasteiger partial charge is 0.488 e. The highest BCUT2D eigenvalue weighted by atomic mass is 16.5. The van der Waals surface area contributed by atoms with E-state index < -0.39 is 0 Å². The van der Waals surface area contributed by atoms with Crippen molar-refractivity contribution in [2.45, 2.75) is 32.4 Å². The Hall–Kier alpha value is -3.36.